The molecule has 1 amide bonds. The van der Waals surface area contributed by atoms with Gasteiger partial charge in [0.1, 0.15) is 0 Å². The van der Waals surface area contributed by atoms with Crippen LogP contribution in [-0.2, 0) is 16.1 Å². The molecular weight excluding hydrogens is 278 g/mol. The number of nitrogens with one attached hydrogen (secondary N) is 1. The smallest absolute Gasteiger partial charge is 0.220 e. The highest BCUT2D eigenvalue weighted by Crippen LogP contribution is 2.16. The minimum Gasteiger partial charge on any atom is -0.381 e. The van der Waals surface area contributed by atoms with E-state index in [0.29, 0.717) is 25.5 Å². The lowest BCUT2D eigenvalue weighted by Crippen LogP contribution is -2.25. The molecule has 2 heterocycles. The molecule has 22 heavy (non-hydrogen) atoms. The Balaban J connectivity index is 1.54. The van der Waals surface area contributed by atoms with Crippen LogP contribution >= 0.6 is 0 Å². The van der Waals surface area contributed by atoms with Gasteiger partial charge in [-0.05, 0) is 37.0 Å². The molecule has 5 heteroatoms. The zero-order chi connectivity index (χ0) is 15.4. The third-order valence-electron chi connectivity index (χ3n) is 3.89. The molecule has 1 fully saturated rings. The first kappa shape index (κ1) is 14.8. The Morgan fingerprint density at radius 2 is 2.41 bits per heavy atom. The molecule has 1 aromatic heterocycles. The van der Waals surface area contributed by atoms with Crippen molar-refractivity contribution >= 4 is 5.91 Å². The van der Waals surface area contributed by atoms with Gasteiger partial charge in [0, 0.05) is 37.9 Å². The van der Waals surface area contributed by atoms with Crippen LogP contribution in [0, 0.1) is 12.8 Å². The van der Waals surface area contributed by atoms with Crippen molar-refractivity contribution < 1.29 is 9.53 Å². The zero-order valence-electron chi connectivity index (χ0n) is 12.8. The number of nitrogens with zero attached hydrogens (tertiary/aromatic N) is 2. The van der Waals surface area contributed by atoms with Crippen molar-refractivity contribution in [1.29, 1.82) is 0 Å². The molecule has 1 N–H and O–H groups in total. The first-order valence-electron chi connectivity index (χ1n) is 7.66. The maximum Gasteiger partial charge on any atom is 0.220 e. The first-order valence-corrected chi connectivity index (χ1v) is 7.66. The van der Waals surface area contributed by atoms with E-state index in [9.17, 15) is 4.79 Å². The van der Waals surface area contributed by atoms with Crippen LogP contribution in [0.1, 0.15) is 24.0 Å². The van der Waals surface area contributed by atoms with E-state index in [-0.39, 0.29) is 5.91 Å². The van der Waals surface area contributed by atoms with Crippen molar-refractivity contribution in [2.24, 2.45) is 5.92 Å². The van der Waals surface area contributed by atoms with E-state index in [2.05, 4.69) is 29.5 Å². The molecule has 1 aliphatic rings. The van der Waals surface area contributed by atoms with Gasteiger partial charge < -0.3 is 10.1 Å². The maximum atomic E-state index is 11.9. The Labute approximate surface area is 130 Å². The number of hydrogen-bond acceptors (Lipinski definition) is 3. The molecule has 0 bridgehead atoms. The van der Waals surface area contributed by atoms with Gasteiger partial charge in [-0.15, -0.1) is 0 Å². The molecule has 1 atom stereocenters. The number of ether oxygens (including phenoxy) is 1. The monoisotopic (exact) mass is 299 g/mol. The molecule has 1 aromatic carbocycles. The minimum absolute atomic E-state index is 0.0822. The lowest BCUT2D eigenvalue weighted by atomic mass is 10.0. The molecule has 0 aliphatic carbocycles. The van der Waals surface area contributed by atoms with E-state index in [1.54, 1.807) is 6.20 Å². The number of carbonyl (C=O) groups is 1. The summed E-state index contributed by atoms with van der Waals surface area (Å²) in [5.41, 5.74) is 3.22. The largest absolute Gasteiger partial charge is 0.381 e. The van der Waals surface area contributed by atoms with Crippen LogP contribution in [0.25, 0.3) is 5.69 Å². The van der Waals surface area contributed by atoms with Gasteiger partial charge in [-0.1, -0.05) is 12.1 Å². The van der Waals surface area contributed by atoms with E-state index in [0.717, 1.165) is 24.3 Å². The van der Waals surface area contributed by atoms with Gasteiger partial charge in [0.05, 0.1) is 11.9 Å². The summed E-state index contributed by atoms with van der Waals surface area (Å²) in [5, 5.41) is 7.31. The predicted octanol–water partition coefficient (Wildman–Crippen LogP) is 2.22. The van der Waals surface area contributed by atoms with E-state index in [1.807, 2.05) is 23.0 Å². The SMILES string of the molecule is Cc1cccc(-n2cc(CNC(=O)C[C@H]3CCOC3)cn2)c1. The summed E-state index contributed by atoms with van der Waals surface area (Å²) >= 11 is 0. The van der Waals surface area contributed by atoms with Crippen LogP contribution in [0.5, 0.6) is 0 Å². The van der Waals surface area contributed by atoms with Crippen LogP contribution < -0.4 is 5.32 Å². The summed E-state index contributed by atoms with van der Waals surface area (Å²) in [6, 6.07) is 8.16. The summed E-state index contributed by atoms with van der Waals surface area (Å²) < 4.78 is 7.12. The minimum atomic E-state index is 0.0822. The Kier molecular flexibility index (Phi) is 4.53. The van der Waals surface area contributed by atoms with Crippen LogP contribution in [0.3, 0.4) is 0 Å². The standard InChI is InChI=1S/C17H21N3O2/c1-13-3-2-4-16(7-13)20-11-15(10-19-20)9-18-17(21)8-14-5-6-22-12-14/h2-4,7,10-11,14H,5-6,8-9,12H2,1H3,(H,18,21)/t14-/m1/s1. The second-order valence-corrected chi connectivity index (χ2v) is 5.84. The third-order valence-corrected chi connectivity index (χ3v) is 3.89. The van der Waals surface area contributed by atoms with Gasteiger partial charge in [0.2, 0.25) is 5.91 Å². The molecule has 0 saturated carbocycles. The third kappa shape index (κ3) is 3.74. The Bertz CT molecular complexity index is 645. The highest BCUT2D eigenvalue weighted by molar-refractivity contribution is 5.76. The highest BCUT2D eigenvalue weighted by Gasteiger charge is 2.18. The van der Waals surface area contributed by atoms with E-state index < -0.39 is 0 Å². The number of amides is 1. The fraction of sp³-hybridized carbons (Fsp3) is 0.412. The van der Waals surface area contributed by atoms with Gasteiger partial charge >= 0.3 is 0 Å². The number of rotatable bonds is 5. The quantitative estimate of drug-likeness (QED) is 0.921. The Morgan fingerprint density at radius 1 is 1.50 bits per heavy atom. The second-order valence-electron chi connectivity index (χ2n) is 5.84. The second kappa shape index (κ2) is 6.75. The first-order chi connectivity index (χ1) is 10.7. The fourth-order valence-corrected chi connectivity index (χ4v) is 2.64. The van der Waals surface area contributed by atoms with Gasteiger partial charge in [-0.25, -0.2) is 4.68 Å². The fourth-order valence-electron chi connectivity index (χ4n) is 2.64. The maximum absolute atomic E-state index is 11.9. The van der Waals surface area contributed by atoms with E-state index >= 15 is 0 Å². The van der Waals surface area contributed by atoms with Gasteiger partial charge in [-0.2, -0.15) is 5.10 Å². The molecule has 116 valence electrons. The summed E-state index contributed by atoms with van der Waals surface area (Å²) in [7, 11) is 0. The molecule has 5 nitrogen and oxygen atoms in total. The summed E-state index contributed by atoms with van der Waals surface area (Å²) in [6.07, 6.45) is 5.28. The number of hydrogen-bond donors (Lipinski definition) is 1. The van der Waals surface area contributed by atoms with Crippen molar-refractivity contribution in [2.75, 3.05) is 13.2 Å². The average molecular weight is 299 g/mol. The molecule has 0 unspecified atom stereocenters. The van der Waals surface area contributed by atoms with Crippen LogP contribution in [0.15, 0.2) is 36.7 Å². The van der Waals surface area contributed by atoms with Crippen molar-refractivity contribution in [3.63, 3.8) is 0 Å². The topological polar surface area (TPSA) is 56.2 Å². The molecule has 3 rings (SSSR count). The molecular formula is C17H21N3O2. The molecule has 2 aromatic rings. The van der Waals surface area contributed by atoms with Crippen LogP contribution in [-0.4, -0.2) is 28.9 Å². The van der Waals surface area contributed by atoms with E-state index in [4.69, 9.17) is 4.74 Å². The van der Waals surface area contributed by atoms with E-state index in [1.165, 1.54) is 5.56 Å². The van der Waals surface area contributed by atoms with Gasteiger partial charge in [-0.3, -0.25) is 4.79 Å². The van der Waals surface area contributed by atoms with Crippen molar-refractivity contribution in [3.05, 3.63) is 47.8 Å². The Morgan fingerprint density at radius 3 is 3.18 bits per heavy atom. The number of aromatic nitrogens is 2. The van der Waals surface area contributed by atoms with Gasteiger partial charge in [0.15, 0.2) is 0 Å². The molecule has 1 saturated heterocycles. The molecule has 1 aliphatic heterocycles. The van der Waals surface area contributed by atoms with Crippen molar-refractivity contribution in [2.45, 2.75) is 26.3 Å². The van der Waals surface area contributed by atoms with Gasteiger partial charge in [0.25, 0.3) is 0 Å². The van der Waals surface area contributed by atoms with Crippen LogP contribution in [0.2, 0.25) is 0 Å². The molecule has 0 spiro atoms. The number of carbonyl (C=O) groups excluding carboxylic acids is 1. The lowest BCUT2D eigenvalue weighted by Gasteiger charge is -2.07. The average Bonchev–Trinajstić information content (AvgIpc) is 3.16. The summed E-state index contributed by atoms with van der Waals surface area (Å²) in [5.74, 6) is 0.453. The van der Waals surface area contributed by atoms with Crippen molar-refractivity contribution in [1.82, 2.24) is 15.1 Å². The normalized spacial score (nSPS) is 17.6. The lowest BCUT2D eigenvalue weighted by molar-refractivity contribution is -0.122. The van der Waals surface area contributed by atoms with Crippen molar-refractivity contribution in [3.8, 4) is 5.69 Å². The molecule has 0 radical (unpaired) electrons. The summed E-state index contributed by atoms with van der Waals surface area (Å²) in [4.78, 5) is 11.9. The zero-order valence-corrected chi connectivity index (χ0v) is 12.8. The summed E-state index contributed by atoms with van der Waals surface area (Å²) in [6.45, 7) is 4.05. The predicted molar refractivity (Wildman–Crippen MR) is 83.7 cm³/mol. The number of benzene rings is 1. The number of aryl methyl sites for hydroxylation is 1. The van der Waals surface area contributed by atoms with Crippen LogP contribution in [0.4, 0.5) is 0 Å². The Hall–Kier alpha value is -2.14. The highest BCUT2D eigenvalue weighted by atomic mass is 16.5.